The van der Waals surface area contributed by atoms with Crippen molar-refractivity contribution in [3.63, 3.8) is 0 Å². The topological polar surface area (TPSA) is 29.3 Å². The van der Waals surface area contributed by atoms with Gasteiger partial charge in [-0.15, -0.1) is 0 Å². The van der Waals surface area contributed by atoms with Crippen LogP contribution in [0.3, 0.4) is 0 Å². The fourth-order valence-electron chi connectivity index (χ4n) is 2.17. The quantitative estimate of drug-likeness (QED) is 0.674. The number of likely N-dealkylation sites (N-methyl/N-ethyl adjacent to an activating group) is 1. The summed E-state index contributed by atoms with van der Waals surface area (Å²) in [4.78, 5) is 2.50. The van der Waals surface area contributed by atoms with Crippen LogP contribution >= 0.6 is 0 Å². The maximum Gasteiger partial charge on any atom is 0.0243 e. The van der Waals surface area contributed by atoms with Crippen LogP contribution in [-0.2, 0) is 0 Å². The molecule has 0 aromatic rings. The van der Waals surface area contributed by atoms with Crippen molar-refractivity contribution in [3.05, 3.63) is 0 Å². The Bertz CT molecular complexity index is 161. The summed E-state index contributed by atoms with van der Waals surface area (Å²) in [7, 11) is 2.25. The molecule has 0 aromatic heterocycles. The van der Waals surface area contributed by atoms with Gasteiger partial charge in [0.05, 0.1) is 0 Å². The monoisotopic (exact) mass is 182 g/mol. The van der Waals surface area contributed by atoms with E-state index >= 15 is 0 Å². The van der Waals surface area contributed by atoms with E-state index in [0.717, 1.165) is 18.4 Å². The van der Waals surface area contributed by atoms with Crippen molar-refractivity contribution in [2.45, 2.75) is 38.1 Å². The Kier molecular flexibility index (Phi) is 2.89. The van der Waals surface area contributed by atoms with Crippen LogP contribution in [-0.4, -0.2) is 31.1 Å². The molecule has 2 heteroatoms. The summed E-state index contributed by atoms with van der Waals surface area (Å²) in [5.41, 5.74) is 5.79. The number of nitrogens with two attached hydrogens (primary N) is 1. The van der Waals surface area contributed by atoms with E-state index in [2.05, 4.69) is 11.9 Å². The van der Waals surface area contributed by atoms with Gasteiger partial charge in [-0.3, -0.25) is 0 Å². The smallest absolute Gasteiger partial charge is 0.0243 e. The number of hydrogen-bond acceptors (Lipinski definition) is 2. The zero-order valence-electron chi connectivity index (χ0n) is 8.71. The summed E-state index contributed by atoms with van der Waals surface area (Å²) >= 11 is 0. The molecule has 1 atom stereocenters. The molecule has 2 aliphatic rings. The lowest BCUT2D eigenvalue weighted by molar-refractivity contribution is 0.217. The first-order chi connectivity index (χ1) is 6.31. The number of nitrogens with zero attached hydrogens (tertiary/aromatic N) is 1. The van der Waals surface area contributed by atoms with Gasteiger partial charge in [-0.1, -0.05) is 12.8 Å². The molecule has 0 saturated heterocycles. The zero-order chi connectivity index (χ0) is 9.26. The van der Waals surface area contributed by atoms with Crippen molar-refractivity contribution in [1.29, 1.82) is 0 Å². The second-order valence-corrected chi connectivity index (χ2v) is 4.85. The average Bonchev–Trinajstić information content (AvgIpc) is 2.97. The van der Waals surface area contributed by atoms with Gasteiger partial charge in [0.2, 0.25) is 0 Å². The highest BCUT2D eigenvalue weighted by molar-refractivity contribution is 4.88. The third-order valence-corrected chi connectivity index (χ3v) is 3.56. The molecule has 2 rings (SSSR count). The molecule has 0 bridgehead atoms. The molecule has 13 heavy (non-hydrogen) atoms. The molecule has 2 nitrogen and oxygen atoms in total. The second-order valence-electron chi connectivity index (χ2n) is 4.85. The Morgan fingerprint density at radius 1 is 1.31 bits per heavy atom. The fourth-order valence-corrected chi connectivity index (χ4v) is 2.17. The maximum absolute atomic E-state index is 5.79. The first-order valence-electron chi connectivity index (χ1n) is 5.71. The minimum Gasteiger partial charge on any atom is -0.329 e. The summed E-state index contributed by atoms with van der Waals surface area (Å²) in [6, 6.07) is 0.679. The Labute approximate surface area is 81.5 Å². The zero-order valence-corrected chi connectivity index (χ0v) is 8.71. The first-order valence-corrected chi connectivity index (χ1v) is 5.71. The van der Waals surface area contributed by atoms with Crippen molar-refractivity contribution < 1.29 is 0 Å². The molecule has 2 aliphatic carbocycles. The van der Waals surface area contributed by atoms with Crippen LogP contribution < -0.4 is 5.73 Å². The number of hydrogen-bond donors (Lipinski definition) is 1. The molecule has 0 aromatic carbocycles. The van der Waals surface area contributed by atoms with E-state index in [1.165, 1.54) is 38.6 Å². The minimum absolute atomic E-state index is 0.679. The summed E-state index contributed by atoms with van der Waals surface area (Å²) < 4.78 is 0. The summed E-state index contributed by atoms with van der Waals surface area (Å²) in [5, 5.41) is 0. The van der Waals surface area contributed by atoms with Crippen molar-refractivity contribution in [2.24, 2.45) is 17.6 Å². The van der Waals surface area contributed by atoms with Crippen molar-refractivity contribution in [3.8, 4) is 0 Å². The van der Waals surface area contributed by atoms with E-state index in [-0.39, 0.29) is 0 Å². The predicted molar refractivity (Wildman–Crippen MR) is 55.5 cm³/mol. The Hall–Kier alpha value is -0.0800. The van der Waals surface area contributed by atoms with Gasteiger partial charge in [0.15, 0.2) is 0 Å². The van der Waals surface area contributed by atoms with Crippen LogP contribution in [0, 0.1) is 11.8 Å². The normalized spacial score (nSPS) is 25.2. The lowest BCUT2D eigenvalue weighted by Crippen LogP contribution is -2.40. The molecule has 0 spiro atoms. The van der Waals surface area contributed by atoms with Gasteiger partial charge in [-0.05, 0) is 44.7 Å². The van der Waals surface area contributed by atoms with Gasteiger partial charge in [0.25, 0.3) is 0 Å². The van der Waals surface area contributed by atoms with Crippen molar-refractivity contribution in [2.75, 3.05) is 20.1 Å². The Balaban J connectivity index is 1.68. The summed E-state index contributed by atoms with van der Waals surface area (Å²) in [6.45, 7) is 2.12. The molecule has 0 amide bonds. The fraction of sp³-hybridized carbons (Fsp3) is 1.00. The van der Waals surface area contributed by atoms with Crippen LogP contribution in [0.5, 0.6) is 0 Å². The van der Waals surface area contributed by atoms with Gasteiger partial charge in [-0.2, -0.15) is 0 Å². The van der Waals surface area contributed by atoms with E-state index in [0.29, 0.717) is 6.04 Å². The van der Waals surface area contributed by atoms with Gasteiger partial charge in [0.1, 0.15) is 0 Å². The molecule has 0 heterocycles. The highest BCUT2D eigenvalue weighted by atomic mass is 15.1. The third-order valence-electron chi connectivity index (χ3n) is 3.56. The maximum atomic E-state index is 5.79. The highest BCUT2D eigenvalue weighted by Gasteiger charge is 2.33. The van der Waals surface area contributed by atoms with Gasteiger partial charge in [0, 0.05) is 12.6 Å². The molecule has 1 unspecified atom stereocenters. The lowest BCUT2D eigenvalue weighted by Gasteiger charge is -2.26. The predicted octanol–water partition coefficient (Wildman–Crippen LogP) is 1.46. The van der Waals surface area contributed by atoms with Gasteiger partial charge < -0.3 is 10.6 Å². The van der Waals surface area contributed by atoms with E-state index in [4.69, 9.17) is 5.73 Å². The average molecular weight is 182 g/mol. The van der Waals surface area contributed by atoms with Crippen LogP contribution in [0.15, 0.2) is 0 Å². The van der Waals surface area contributed by atoms with Gasteiger partial charge >= 0.3 is 0 Å². The molecule has 2 N–H and O–H groups in total. The Morgan fingerprint density at radius 3 is 2.46 bits per heavy atom. The van der Waals surface area contributed by atoms with E-state index < -0.39 is 0 Å². The third kappa shape index (κ3) is 2.68. The molecular weight excluding hydrogens is 160 g/mol. The first kappa shape index (κ1) is 9.47. The molecule has 0 aliphatic heterocycles. The molecule has 76 valence electrons. The SMILES string of the molecule is CN(CCC1CC1)C(CN)C1CC1. The standard InChI is InChI=1S/C11H22N2/c1-13(7-6-9-2-3-9)11(8-12)10-4-5-10/h9-11H,2-8,12H2,1H3. The summed E-state index contributed by atoms with van der Waals surface area (Å²) in [5.74, 6) is 1.98. The van der Waals surface area contributed by atoms with Gasteiger partial charge in [-0.25, -0.2) is 0 Å². The molecule has 2 saturated carbocycles. The van der Waals surface area contributed by atoms with Crippen molar-refractivity contribution in [1.82, 2.24) is 4.90 Å². The highest BCUT2D eigenvalue weighted by Crippen LogP contribution is 2.36. The second kappa shape index (κ2) is 3.97. The molecular formula is C11H22N2. The lowest BCUT2D eigenvalue weighted by atomic mass is 10.1. The van der Waals surface area contributed by atoms with Crippen LogP contribution in [0.1, 0.15) is 32.1 Å². The number of rotatable bonds is 6. The van der Waals surface area contributed by atoms with Crippen LogP contribution in [0.4, 0.5) is 0 Å². The molecule has 0 radical (unpaired) electrons. The van der Waals surface area contributed by atoms with Crippen LogP contribution in [0.2, 0.25) is 0 Å². The van der Waals surface area contributed by atoms with E-state index in [1.807, 2.05) is 0 Å². The van der Waals surface area contributed by atoms with Crippen molar-refractivity contribution >= 4 is 0 Å². The van der Waals surface area contributed by atoms with Crippen LogP contribution in [0.25, 0.3) is 0 Å². The largest absolute Gasteiger partial charge is 0.329 e. The molecule has 2 fully saturated rings. The van der Waals surface area contributed by atoms with E-state index in [9.17, 15) is 0 Å². The van der Waals surface area contributed by atoms with E-state index in [1.54, 1.807) is 0 Å². The minimum atomic E-state index is 0.679. The Morgan fingerprint density at radius 2 is 2.00 bits per heavy atom. The summed E-state index contributed by atoms with van der Waals surface area (Å²) in [6.07, 6.45) is 7.18.